The fourth-order valence-electron chi connectivity index (χ4n) is 3.47. The van der Waals surface area contributed by atoms with Crippen molar-refractivity contribution in [1.82, 2.24) is 9.88 Å². The van der Waals surface area contributed by atoms with Crippen LogP contribution in [0.1, 0.15) is 22.3 Å². The minimum absolute atomic E-state index is 0.131. The third-order valence-electron chi connectivity index (χ3n) is 4.92. The Hall–Kier alpha value is -3.86. The van der Waals surface area contributed by atoms with E-state index >= 15 is 0 Å². The molecule has 150 valence electrons. The number of nitrogens with one attached hydrogen (secondary N) is 2. The predicted octanol–water partition coefficient (Wildman–Crippen LogP) is 4.45. The average molecular weight is 397 g/mol. The molecule has 0 aliphatic carbocycles. The summed E-state index contributed by atoms with van der Waals surface area (Å²) < 4.78 is 2.09. The number of carbonyl (C=O) groups is 2. The number of carbonyl (C=O) groups excluding carboxylic acids is 2. The molecular formula is C25H23N3O2. The monoisotopic (exact) mass is 397 g/mol. The molecule has 5 nitrogen and oxygen atoms in total. The van der Waals surface area contributed by atoms with Crippen molar-refractivity contribution in [1.29, 1.82) is 0 Å². The number of rotatable bonds is 7. The average Bonchev–Trinajstić information content (AvgIpc) is 3.14. The van der Waals surface area contributed by atoms with Crippen molar-refractivity contribution in [3.05, 3.63) is 102 Å². The molecule has 2 N–H and O–H groups in total. The highest BCUT2D eigenvalue weighted by atomic mass is 16.2. The van der Waals surface area contributed by atoms with E-state index in [0.29, 0.717) is 12.1 Å². The quantitative estimate of drug-likeness (QED) is 0.484. The molecule has 1 heterocycles. The molecule has 0 spiro atoms. The zero-order valence-electron chi connectivity index (χ0n) is 16.5. The summed E-state index contributed by atoms with van der Waals surface area (Å²) in [5.74, 6) is -0.307. The third-order valence-corrected chi connectivity index (χ3v) is 4.92. The first kappa shape index (κ1) is 19.5. The van der Waals surface area contributed by atoms with Gasteiger partial charge in [-0.3, -0.25) is 9.59 Å². The molecule has 0 saturated heterocycles. The summed E-state index contributed by atoms with van der Waals surface area (Å²) in [6.45, 7) is 0.962. The molecule has 4 aromatic rings. The van der Waals surface area contributed by atoms with Crippen molar-refractivity contribution >= 4 is 28.4 Å². The van der Waals surface area contributed by atoms with Crippen LogP contribution in [0, 0.1) is 0 Å². The maximum atomic E-state index is 12.8. The van der Waals surface area contributed by atoms with Gasteiger partial charge in [-0.05, 0) is 23.8 Å². The van der Waals surface area contributed by atoms with Crippen molar-refractivity contribution in [2.75, 3.05) is 11.9 Å². The number of benzene rings is 3. The van der Waals surface area contributed by atoms with Gasteiger partial charge in [-0.2, -0.15) is 0 Å². The molecule has 30 heavy (non-hydrogen) atoms. The predicted molar refractivity (Wildman–Crippen MR) is 120 cm³/mol. The van der Waals surface area contributed by atoms with Gasteiger partial charge in [0.15, 0.2) is 0 Å². The molecular weight excluding hydrogens is 374 g/mol. The molecule has 0 saturated carbocycles. The number of aromatic nitrogens is 1. The van der Waals surface area contributed by atoms with E-state index in [2.05, 4.69) is 27.3 Å². The van der Waals surface area contributed by atoms with Crippen LogP contribution in [-0.2, 0) is 11.3 Å². The Balaban J connectivity index is 1.42. The Labute approximate surface area is 175 Å². The summed E-state index contributed by atoms with van der Waals surface area (Å²) in [7, 11) is 0. The second kappa shape index (κ2) is 9.09. The van der Waals surface area contributed by atoms with E-state index in [1.807, 2.05) is 79.0 Å². The van der Waals surface area contributed by atoms with E-state index in [-0.39, 0.29) is 24.8 Å². The fourth-order valence-corrected chi connectivity index (χ4v) is 3.47. The van der Waals surface area contributed by atoms with Crippen molar-refractivity contribution in [3.63, 3.8) is 0 Å². The molecule has 0 aliphatic heterocycles. The normalized spacial score (nSPS) is 10.7. The van der Waals surface area contributed by atoms with E-state index in [0.717, 1.165) is 16.6 Å². The number of hydrogen-bond acceptors (Lipinski definition) is 2. The molecule has 0 bridgehead atoms. The summed E-state index contributed by atoms with van der Waals surface area (Å²) in [6.07, 6.45) is 2.10. The molecule has 0 fully saturated rings. The molecule has 0 unspecified atom stereocenters. The number of fused-ring (bicyclic) bond motifs is 1. The summed E-state index contributed by atoms with van der Waals surface area (Å²) in [5.41, 5.74) is 3.54. The van der Waals surface area contributed by atoms with Crippen LogP contribution in [0.25, 0.3) is 10.9 Å². The molecule has 4 rings (SSSR count). The van der Waals surface area contributed by atoms with E-state index < -0.39 is 0 Å². The summed E-state index contributed by atoms with van der Waals surface area (Å²) in [6, 6.07) is 27.3. The topological polar surface area (TPSA) is 63.1 Å². The third kappa shape index (κ3) is 4.58. The van der Waals surface area contributed by atoms with Crippen LogP contribution in [-0.4, -0.2) is 22.9 Å². The van der Waals surface area contributed by atoms with Gasteiger partial charge in [-0.1, -0.05) is 66.7 Å². The Morgan fingerprint density at radius 1 is 0.800 bits per heavy atom. The van der Waals surface area contributed by atoms with Gasteiger partial charge in [-0.15, -0.1) is 0 Å². The van der Waals surface area contributed by atoms with Crippen LogP contribution in [0.2, 0.25) is 0 Å². The fraction of sp³-hybridized carbons (Fsp3) is 0.120. The van der Waals surface area contributed by atoms with Gasteiger partial charge in [0.25, 0.3) is 5.91 Å². The Morgan fingerprint density at radius 2 is 1.47 bits per heavy atom. The van der Waals surface area contributed by atoms with Gasteiger partial charge in [0.1, 0.15) is 0 Å². The largest absolute Gasteiger partial charge is 0.351 e. The molecule has 0 atom stereocenters. The van der Waals surface area contributed by atoms with E-state index in [1.165, 1.54) is 5.56 Å². The van der Waals surface area contributed by atoms with Crippen LogP contribution in [0.4, 0.5) is 5.69 Å². The highest BCUT2D eigenvalue weighted by Gasteiger charge is 2.15. The minimum Gasteiger partial charge on any atom is -0.351 e. The van der Waals surface area contributed by atoms with Crippen LogP contribution in [0.5, 0.6) is 0 Å². The first-order chi connectivity index (χ1) is 14.7. The van der Waals surface area contributed by atoms with Crippen molar-refractivity contribution in [3.8, 4) is 0 Å². The standard InChI is InChI=1S/C25H23N3O2/c29-24(27-20-11-5-2-6-12-20)15-16-26-25(30)22-18-28(17-19-9-3-1-4-10-19)23-14-8-7-13-21(22)23/h1-14,18H,15-17H2,(H,26,30)(H,27,29). The zero-order valence-corrected chi connectivity index (χ0v) is 16.5. The van der Waals surface area contributed by atoms with Crippen LogP contribution < -0.4 is 10.6 Å². The lowest BCUT2D eigenvalue weighted by Crippen LogP contribution is -2.27. The van der Waals surface area contributed by atoms with E-state index in [9.17, 15) is 9.59 Å². The molecule has 1 aromatic heterocycles. The van der Waals surface area contributed by atoms with E-state index in [1.54, 1.807) is 0 Å². The number of para-hydroxylation sites is 2. The first-order valence-corrected chi connectivity index (χ1v) is 9.95. The van der Waals surface area contributed by atoms with Gasteiger partial charge in [0.05, 0.1) is 5.56 Å². The Morgan fingerprint density at radius 3 is 2.23 bits per heavy atom. The second-order valence-corrected chi connectivity index (χ2v) is 7.09. The summed E-state index contributed by atoms with van der Waals surface area (Å²) >= 11 is 0. The minimum atomic E-state index is -0.175. The number of amides is 2. The number of hydrogen-bond donors (Lipinski definition) is 2. The second-order valence-electron chi connectivity index (χ2n) is 7.09. The summed E-state index contributed by atoms with van der Waals surface area (Å²) in [5, 5.41) is 6.60. The van der Waals surface area contributed by atoms with Crippen molar-refractivity contribution < 1.29 is 9.59 Å². The first-order valence-electron chi connectivity index (χ1n) is 9.95. The Bertz CT molecular complexity index is 1150. The lowest BCUT2D eigenvalue weighted by atomic mass is 10.1. The van der Waals surface area contributed by atoms with Gasteiger partial charge in [0.2, 0.25) is 5.91 Å². The van der Waals surface area contributed by atoms with E-state index in [4.69, 9.17) is 0 Å². The molecule has 5 heteroatoms. The van der Waals surface area contributed by atoms with Crippen LogP contribution >= 0.6 is 0 Å². The smallest absolute Gasteiger partial charge is 0.253 e. The molecule has 0 radical (unpaired) electrons. The highest BCUT2D eigenvalue weighted by molar-refractivity contribution is 6.07. The molecule has 3 aromatic carbocycles. The number of anilines is 1. The van der Waals surface area contributed by atoms with Crippen molar-refractivity contribution in [2.24, 2.45) is 0 Å². The molecule has 0 aliphatic rings. The van der Waals surface area contributed by atoms with Crippen LogP contribution in [0.15, 0.2) is 91.1 Å². The van der Waals surface area contributed by atoms with Crippen molar-refractivity contribution in [2.45, 2.75) is 13.0 Å². The van der Waals surface area contributed by atoms with Gasteiger partial charge in [0, 0.05) is 42.3 Å². The maximum Gasteiger partial charge on any atom is 0.253 e. The van der Waals surface area contributed by atoms with Crippen LogP contribution in [0.3, 0.4) is 0 Å². The maximum absolute atomic E-state index is 12.8. The summed E-state index contributed by atoms with van der Waals surface area (Å²) in [4.78, 5) is 24.9. The zero-order chi connectivity index (χ0) is 20.8. The number of nitrogens with zero attached hydrogens (tertiary/aromatic N) is 1. The molecule has 2 amide bonds. The van der Waals surface area contributed by atoms with Gasteiger partial charge in [-0.25, -0.2) is 0 Å². The lowest BCUT2D eigenvalue weighted by molar-refractivity contribution is -0.116. The lowest BCUT2D eigenvalue weighted by Gasteiger charge is -2.06. The highest BCUT2D eigenvalue weighted by Crippen LogP contribution is 2.22. The van der Waals surface area contributed by atoms with Gasteiger partial charge < -0.3 is 15.2 Å². The van der Waals surface area contributed by atoms with Gasteiger partial charge >= 0.3 is 0 Å². The SMILES string of the molecule is O=C(CCNC(=O)c1cn(Cc2ccccc2)c2ccccc12)Nc1ccccc1. The Kier molecular flexibility index (Phi) is 5.90.